The molecule has 2 heteroatoms. The lowest BCUT2D eigenvalue weighted by Gasteiger charge is -2.15. The van der Waals surface area contributed by atoms with Crippen LogP contribution in [0.4, 0.5) is 0 Å². The standard InChI is InChI=1S/C19H20NSi/c20-16-10-2-1-3-11-17-21(18-12-6-4-7-13-18)19-14-8-5-9-15-19/h1,4-9,12-15,21H,2,10-11,17H2. The van der Waals surface area contributed by atoms with Gasteiger partial charge in [-0.05, 0) is 25.0 Å². The van der Waals surface area contributed by atoms with Crippen LogP contribution in [0, 0.1) is 17.4 Å². The number of rotatable bonds is 7. The quantitative estimate of drug-likeness (QED) is 0.568. The lowest BCUT2D eigenvalue weighted by atomic mass is 10.3. The van der Waals surface area contributed by atoms with E-state index < -0.39 is 8.80 Å². The predicted octanol–water partition coefficient (Wildman–Crippen LogP) is 3.08. The van der Waals surface area contributed by atoms with Gasteiger partial charge in [0.05, 0.1) is 6.07 Å². The Morgan fingerprint density at radius 2 is 1.43 bits per heavy atom. The largest absolute Gasteiger partial charge is 0.198 e. The average molecular weight is 290 g/mol. The molecule has 0 unspecified atom stereocenters. The maximum atomic E-state index is 8.52. The molecule has 0 heterocycles. The summed E-state index contributed by atoms with van der Waals surface area (Å²) in [6, 6.07) is 25.0. The van der Waals surface area contributed by atoms with E-state index in [0.29, 0.717) is 6.42 Å². The van der Waals surface area contributed by atoms with E-state index in [4.69, 9.17) is 5.26 Å². The molecule has 2 aromatic rings. The van der Waals surface area contributed by atoms with Crippen molar-refractivity contribution < 1.29 is 0 Å². The van der Waals surface area contributed by atoms with Crippen LogP contribution in [0.15, 0.2) is 66.7 Å². The molecule has 0 saturated carbocycles. The molecule has 2 rings (SSSR count). The number of hydrogen-bond acceptors (Lipinski definition) is 1. The molecule has 0 fully saturated rings. The molecule has 0 spiro atoms. The van der Waals surface area contributed by atoms with Crippen molar-refractivity contribution in [3.63, 3.8) is 0 Å². The molecule has 0 aliphatic rings. The summed E-state index contributed by atoms with van der Waals surface area (Å²) in [5, 5.41) is 11.5. The summed E-state index contributed by atoms with van der Waals surface area (Å²) in [5.74, 6) is 0. The van der Waals surface area contributed by atoms with Crippen LogP contribution in [0.3, 0.4) is 0 Å². The van der Waals surface area contributed by atoms with Gasteiger partial charge in [0.1, 0.15) is 8.80 Å². The molecule has 105 valence electrons. The Morgan fingerprint density at radius 3 is 1.95 bits per heavy atom. The number of nitrogens with zero attached hydrogens (tertiary/aromatic N) is 1. The van der Waals surface area contributed by atoms with E-state index in [1.807, 2.05) is 6.08 Å². The minimum Gasteiger partial charge on any atom is -0.198 e. The number of benzene rings is 2. The third kappa shape index (κ3) is 5.05. The molecule has 0 amide bonds. The van der Waals surface area contributed by atoms with Gasteiger partial charge in [-0.2, -0.15) is 5.26 Å². The lowest BCUT2D eigenvalue weighted by Crippen LogP contribution is -2.41. The van der Waals surface area contributed by atoms with Crippen LogP contribution < -0.4 is 10.4 Å². The second kappa shape index (κ2) is 8.94. The van der Waals surface area contributed by atoms with Crippen LogP contribution in [0.5, 0.6) is 0 Å². The first-order valence-corrected chi connectivity index (χ1v) is 9.41. The molecule has 2 aromatic carbocycles. The van der Waals surface area contributed by atoms with Crippen LogP contribution in [0.25, 0.3) is 0 Å². The Hall–Kier alpha value is -2.11. The summed E-state index contributed by atoms with van der Waals surface area (Å²) in [6.07, 6.45) is 7.75. The van der Waals surface area contributed by atoms with Crippen molar-refractivity contribution in [3.05, 3.63) is 72.8 Å². The van der Waals surface area contributed by atoms with Crippen molar-refractivity contribution in [2.75, 3.05) is 0 Å². The molecule has 0 bridgehead atoms. The first-order valence-electron chi connectivity index (χ1n) is 7.43. The minimum absolute atomic E-state index is 0.589. The van der Waals surface area contributed by atoms with Crippen molar-refractivity contribution >= 4 is 19.2 Å². The van der Waals surface area contributed by atoms with Gasteiger partial charge in [-0.1, -0.05) is 77.1 Å². The normalized spacial score (nSPS) is 10.9. The smallest absolute Gasteiger partial charge is 0.103 e. The van der Waals surface area contributed by atoms with Crippen molar-refractivity contribution in [3.8, 4) is 6.07 Å². The van der Waals surface area contributed by atoms with E-state index in [0.717, 1.165) is 12.8 Å². The van der Waals surface area contributed by atoms with Crippen molar-refractivity contribution in [1.29, 1.82) is 5.26 Å². The van der Waals surface area contributed by atoms with Crippen LogP contribution in [-0.4, -0.2) is 8.80 Å². The van der Waals surface area contributed by atoms with E-state index in [2.05, 4.69) is 72.8 Å². The zero-order valence-electron chi connectivity index (χ0n) is 12.2. The zero-order chi connectivity index (χ0) is 14.8. The summed E-state index contributed by atoms with van der Waals surface area (Å²) < 4.78 is 0. The zero-order valence-corrected chi connectivity index (χ0v) is 13.4. The summed E-state index contributed by atoms with van der Waals surface area (Å²) in [5.41, 5.74) is 0. The first-order chi connectivity index (χ1) is 10.4. The fraction of sp³-hybridized carbons (Fsp3) is 0.211. The Morgan fingerprint density at radius 1 is 0.857 bits per heavy atom. The third-order valence-corrected chi connectivity index (χ3v) is 6.77. The second-order valence-corrected chi connectivity index (χ2v) is 8.03. The number of hydrogen-bond donors (Lipinski definition) is 0. The van der Waals surface area contributed by atoms with Crippen LogP contribution in [-0.2, 0) is 0 Å². The van der Waals surface area contributed by atoms with Crippen LogP contribution >= 0.6 is 0 Å². The monoisotopic (exact) mass is 290 g/mol. The topological polar surface area (TPSA) is 23.8 Å². The van der Waals surface area contributed by atoms with E-state index in [1.54, 1.807) is 0 Å². The summed E-state index contributed by atoms with van der Waals surface area (Å²) in [4.78, 5) is 0. The minimum atomic E-state index is -1.16. The fourth-order valence-corrected chi connectivity index (χ4v) is 5.35. The third-order valence-electron chi connectivity index (χ3n) is 3.53. The molecule has 0 aromatic heterocycles. The first kappa shape index (κ1) is 15.3. The second-order valence-electron chi connectivity index (χ2n) is 5.02. The molecular formula is C19H20NSi. The maximum absolute atomic E-state index is 8.52. The molecule has 0 N–H and O–H groups in total. The highest BCUT2D eigenvalue weighted by Gasteiger charge is 2.14. The molecule has 1 nitrogen and oxygen atoms in total. The number of allylic oxidation sites excluding steroid dienone is 2. The summed E-state index contributed by atoms with van der Waals surface area (Å²) in [7, 11) is -1.16. The average Bonchev–Trinajstić information content (AvgIpc) is 2.56. The van der Waals surface area contributed by atoms with E-state index in [-0.39, 0.29) is 0 Å². The highest BCUT2D eigenvalue weighted by Crippen LogP contribution is 2.03. The van der Waals surface area contributed by atoms with Gasteiger partial charge in [0.2, 0.25) is 0 Å². The van der Waals surface area contributed by atoms with Gasteiger partial charge in [0, 0.05) is 6.42 Å². The molecule has 0 saturated heterocycles. The van der Waals surface area contributed by atoms with E-state index >= 15 is 0 Å². The van der Waals surface area contributed by atoms with Gasteiger partial charge in [0.15, 0.2) is 0 Å². The summed E-state index contributed by atoms with van der Waals surface area (Å²) >= 11 is 0. The van der Waals surface area contributed by atoms with E-state index in [9.17, 15) is 0 Å². The van der Waals surface area contributed by atoms with Crippen molar-refractivity contribution in [1.82, 2.24) is 0 Å². The summed E-state index contributed by atoms with van der Waals surface area (Å²) in [6.45, 7) is 0. The van der Waals surface area contributed by atoms with Gasteiger partial charge in [0.25, 0.3) is 0 Å². The highest BCUT2D eigenvalue weighted by molar-refractivity contribution is 6.85. The number of nitriles is 1. The Balaban J connectivity index is 2.04. The Bertz CT molecular complexity index is 544. The molecular weight excluding hydrogens is 270 g/mol. The molecule has 0 aliphatic carbocycles. The lowest BCUT2D eigenvalue weighted by molar-refractivity contribution is 1.03. The van der Waals surface area contributed by atoms with Gasteiger partial charge >= 0.3 is 0 Å². The van der Waals surface area contributed by atoms with Crippen LogP contribution in [0.1, 0.15) is 19.3 Å². The van der Waals surface area contributed by atoms with Gasteiger partial charge in [-0.15, -0.1) is 0 Å². The predicted molar refractivity (Wildman–Crippen MR) is 91.4 cm³/mol. The fourth-order valence-electron chi connectivity index (χ4n) is 2.46. The molecule has 21 heavy (non-hydrogen) atoms. The van der Waals surface area contributed by atoms with E-state index in [1.165, 1.54) is 16.4 Å². The van der Waals surface area contributed by atoms with Gasteiger partial charge in [-0.3, -0.25) is 0 Å². The van der Waals surface area contributed by atoms with Gasteiger partial charge < -0.3 is 0 Å². The maximum Gasteiger partial charge on any atom is 0.103 e. The number of unbranched alkanes of at least 4 members (excludes halogenated alkanes) is 1. The Labute approximate surface area is 129 Å². The molecule has 1 radical (unpaired) electrons. The molecule has 0 aliphatic heterocycles. The SMILES string of the molecule is N#CCCC=[C]CC[SiH](c1ccccc1)c1ccccc1. The van der Waals surface area contributed by atoms with Crippen molar-refractivity contribution in [2.24, 2.45) is 0 Å². The van der Waals surface area contributed by atoms with Crippen molar-refractivity contribution in [2.45, 2.75) is 25.3 Å². The van der Waals surface area contributed by atoms with Crippen LogP contribution in [0.2, 0.25) is 6.04 Å². The molecule has 0 atom stereocenters. The Kier molecular flexibility index (Phi) is 6.50. The highest BCUT2D eigenvalue weighted by atomic mass is 28.3. The van der Waals surface area contributed by atoms with Gasteiger partial charge in [-0.25, -0.2) is 0 Å².